The second kappa shape index (κ2) is 19.5. The van der Waals surface area contributed by atoms with Crippen LogP contribution in [-0.4, -0.2) is 21.0 Å². The molecular weight excluding hydrogens is 446 g/mol. The van der Waals surface area contributed by atoms with Crippen molar-refractivity contribution in [2.75, 3.05) is 0 Å². The van der Waals surface area contributed by atoms with E-state index in [2.05, 4.69) is 33.0 Å². The molecule has 0 rings (SSSR count). The van der Waals surface area contributed by atoms with Gasteiger partial charge in [0.25, 0.3) is 0 Å². The van der Waals surface area contributed by atoms with E-state index in [1.165, 1.54) is 0 Å². The molecule has 0 saturated heterocycles. The normalized spacial score (nSPS) is 10.0. The Kier molecular flexibility index (Phi) is 24.2. The van der Waals surface area contributed by atoms with Gasteiger partial charge in [0.05, 0.1) is 0 Å². The summed E-state index contributed by atoms with van der Waals surface area (Å²) in [6.45, 7) is 0. The standard InChI is InChI=1S/2H2IO6/c2*2-6-4-1-5-7-3/h2*2-3H/q2*-1. The predicted molar refractivity (Wildman–Crippen MR) is 19.2 cm³/mol. The van der Waals surface area contributed by atoms with E-state index in [0.29, 0.717) is 0 Å². The van der Waals surface area contributed by atoms with Crippen molar-refractivity contribution in [2.45, 2.75) is 0 Å². The van der Waals surface area contributed by atoms with Gasteiger partial charge in [-0.2, -0.15) is 0 Å². The fourth-order valence-corrected chi connectivity index (χ4v) is 0.449. The summed E-state index contributed by atoms with van der Waals surface area (Å²) in [5.41, 5.74) is 0. The Morgan fingerprint density at radius 1 is 0.500 bits per heavy atom. The van der Waals surface area contributed by atoms with Crippen molar-refractivity contribution in [3.05, 3.63) is 0 Å². The van der Waals surface area contributed by atoms with Gasteiger partial charge in [-0.15, -0.1) is 0 Å². The minimum absolute atomic E-state index is 1.32. The Morgan fingerprint density at radius 3 is 0.857 bits per heavy atom. The first-order valence-electron chi connectivity index (χ1n) is 2.01. The second-order valence-electron chi connectivity index (χ2n) is 0.676. The van der Waals surface area contributed by atoms with Gasteiger partial charge in [-0.25, -0.2) is 0 Å². The fourth-order valence-electron chi connectivity index (χ4n) is 0.0670. The first-order chi connectivity index (χ1) is 6.83. The molecule has 0 radical (unpaired) electrons. The molecular formula is H4I2O12-2. The van der Waals surface area contributed by atoms with Crippen LogP contribution >= 0.6 is 0 Å². The van der Waals surface area contributed by atoms with Crippen molar-refractivity contribution in [2.24, 2.45) is 0 Å². The summed E-state index contributed by atoms with van der Waals surface area (Å²) < 4.78 is 14.9. The molecule has 14 heavy (non-hydrogen) atoms. The van der Waals surface area contributed by atoms with Crippen molar-refractivity contribution < 1.29 is 98.1 Å². The van der Waals surface area contributed by atoms with E-state index in [-0.39, 0.29) is 0 Å². The van der Waals surface area contributed by atoms with Crippen LogP contribution in [0, 0.1) is 0 Å². The van der Waals surface area contributed by atoms with Crippen LogP contribution in [0.25, 0.3) is 0 Å². The van der Waals surface area contributed by atoms with Crippen LogP contribution in [0.5, 0.6) is 0 Å². The Hall–Kier alpha value is 0.980. The van der Waals surface area contributed by atoms with Crippen LogP contribution in [0.2, 0.25) is 0 Å². The maximum absolute atomic E-state index is 7.38. The molecule has 4 N–H and O–H groups in total. The van der Waals surface area contributed by atoms with Gasteiger partial charge in [0.1, 0.15) is 0 Å². The van der Waals surface area contributed by atoms with Gasteiger partial charge in [0.15, 0.2) is 0 Å². The van der Waals surface area contributed by atoms with Gasteiger partial charge in [-0.3, -0.25) is 0 Å². The average molecular weight is 450 g/mol. The third-order valence-electron chi connectivity index (χ3n) is 0.216. The molecule has 0 aromatic heterocycles. The molecule has 0 heterocycles. The summed E-state index contributed by atoms with van der Waals surface area (Å²) in [7, 11) is 0. The molecule has 0 aliphatic rings. The number of halogens is 2. The maximum atomic E-state index is 7.38. The molecule has 0 aromatic carbocycles. The van der Waals surface area contributed by atoms with Crippen molar-refractivity contribution in [1.29, 1.82) is 0 Å². The van der Waals surface area contributed by atoms with Gasteiger partial charge in [-0.05, 0) is 0 Å². The number of hydrogen-bond acceptors (Lipinski definition) is 12. The molecule has 0 aliphatic carbocycles. The number of hydrogen-bond donors (Lipinski definition) is 4. The van der Waals surface area contributed by atoms with Gasteiger partial charge >= 0.3 is 98.1 Å². The van der Waals surface area contributed by atoms with Crippen molar-refractivity contribution in [3.8, 4) is 0 Å². The van der Waals surface area contributed by atoms with E-state index < -0.39 is 44.1 Å². The van der Waals surface area contributed by atoms with Crippen LogP contribution < -0.4 is 44.1 Å². The summed E-state index contributed by atoms with van der Waals surface area (Å²) >= 11 is -2.64. The molecule has 0 unspecified atom stereocenters. The van der Waals surface area contributed by atoms with Crippen molar-refractivity contribution in [3.63, 3.8) is 0 Å². The Balaban J connectivity index is 0. The summed E-state index contributed by atoms with van der Waals surface area (Å²) in [4.78, 5) is 0. The number of rotatable bonds is 8. The second-order valence-corrected chi connectivity index (χ2v) is 2.83. The molecule has 0 saturated carbocycles. The molecule has 0 fully saturated rings. The Morgan fingerprint density at radius 2 is 0.714 bits per heavy atom. The third-order valence-corrected chi connectivity index (χ3v) is 1.45. The van der Waals surface area contributed by atoms with E-state index >= 15 is 0 Å². The van der Waals surface area contributed by atoms with E-state index in [1.807, 2.05) is 0 Å². The molecule has 0 aliphatic heterocycles. The minimum atomic E-state index is -1.32. The molecule has 0 atom stereocenters. The van der Waals surface area contributed by atoms with E-state index in [1.54, 1.807) is 0 Å². The molecule has 0 spiro atoms. The summed E-state index contributed by atoms with van der Waals surface area (Å²) in [5, 5.41) is 41.8. The summed E-state index contributed by atoms with van der Waals surface area (Å²) in [6.07, 6.45) is 0. The first-order valence-corrected chi connectivity index (χ1v) is 5.54. The quantitative estimate of drug-likeness (QED) is 0.120. The van der Waals surface area contributed by atoms with Crippen LogP contribution in [0.3, 0.4) is 0 Å². The van der Waals surface area contributed by atoms with Crippen LogP contribution in [0.15, 0.2) is 0 Å². The average Bonchev–Trinajstić information content (AvgIpc) is 2.21. The zero-order chi connectivity index (χ0) is 11.1. The van der Waals surface area contributed by atoms with Crippen molar-refractivity contribution >= 4 is 0 Å². The fraction of sp³-hybridized carbons (Fsp3) is 0. The SMILES string of the molecule is OOO[I-]OOO.OOO[I-]OOO. The first kappa shape index (κ1) is 17.4. The molecule has 0 amide bonds. The van der Waals surface area contributed by atoms with Crippen molar-refractivity contribution in [1.82, 2.24) is 0 Å². The van der Waals surface area contributed by atoms with Gasteiger partial charge < -0.3 is 0 Å². The Labute approximate surface area is 97.9 Å². The van der Waals surface area contributed by atoms with E-state index in [9.17, 15) is 0 Å². The molecule has 0 aromatic rings. The zero-order valence-corrected chi connectivity index (χ0v) is 10.1. The van der Waals surface area contributed by atoms with Crippen LogP contribution in [0.1, 0.15) is 0 Å². The zero-order valence-electron chi connectivity index (χ0n) is 5.81. The topological polar surface area (TPSA) is 155 Å². The van der Waals surface area contributed by atoms with E-state index in [4.69, 9.17) is 21.0 Å². The van der Waals surface area contributed by atoms with Gasteiger partial charge in [0, 0.05) is 0 Å². The summed E-state index contributed by atoms with van der Waals surface area (Å²) in [6, 6.07) is 0. The third kappa shape index (κ3) is 23.1. The molecule has 14 heteroatoms. The summed E-state index contributed by atoms with van der Waals surface area (Å²) in [5.74, 6) is 0. The van der Waals surface area contributed by atoms with Crippen LogP contribution in [0.4, 0.5) is 0 Å². The predicted octanol–water partition coefficient (Wildman–Crippen LogP) is -6.50. The molecule has 12 nitrogen and oxygen atoms in total. The van der Waals surface area contributed by atoms with Gasteiger partial charge in [-0.1, -0.05) is 0 Å². The monoisotopic (exact) mass is 450 g/mol. The van der Waals surface area contributed by atoms with E-state index in [0.717, 1.165) is 0 Å². The van der Waals surface area contributed by atoms with Gasteiger partial charge in [0.2, 0.25) is 0 Å². The molecule has 92 valence electrons. The molecule has 0 bridgehead atoms. The van der Waals surface area contributed by atoms with Crippen LogP contribution in [-0.2, 0) is 33.0 Å². The Bertz CT molecular complexity index is 56.7.